The summed E-state index contributed by atoms with van der Waals surface area (Å²) in [5.41, 5.74) is 1.45. The molecular formula is C11H16ClN5O. The number of aryl methyl sites for hydroxylation is 1. The quantitative estimate of drug-likeness (QED) is 0.616. The fraction of sp³-hybridized carbons (Fsp3) is 0.545. The Morgan fingerprint density at radius 1 is 1.44 bits per heavy atom. The van der Waals surface area contributed by atoms with Crippen LogP contribution in [0.4, 0.5) is 5.82 Å². The van der Waals surface area contributed by atoms with Crippen molar-refractivity contribution < 1.29 is 5.11 Å². The second kappa shape index (κ2) is 5.97. The van der Waals surface area contributed by atoms with Gasteiger partial charge in [-0.15, -0.1) is 0 Å². The van der Waals surface area contributed by atoms with Gasteiger partial charge < -0.3 is 15.0 Å². The normalized spacial score (nSPS) is 11.1. The molecule has 0 aliphatic carbocycles. The largest absolute Gasteiger partial charge is 0.396 e. The Balaban J connectivity index is 2.37. The van der Waals surface area contributed by atoms with Crippen molar-refractivity contribution in [3.8, 4) is 0 Å². The van der Waals surface area contributed by atoms with Gasteiger partial charge in [-0.05, 0) is 24.4 Å². The summed E-state index contributed by atoms with van der Waals surface area (Å²) in [5.74, 6) is 0.671. The Labute approximate surface area is 110 Å². The molecule has 0 bridgehead atoms. The number of aromatic nitrogens is 4. The number of fused-ring (bicyclic) bond motifs is 1. The van der Waals surface area contributed by atoms with Gasteiger partial charge in [0.05, 0.1) is 6.33 Å². The van der Waals surface area contributed by atoms with Crippen molar-refractivity contribution in [2.75, 3.05) is 18.5 Å². The third-order valence-corrected chi connectivity index (χ3v) is 2.71. The first kappa shape index (κ1) is 13.0. The van der Waals surface area contributed by atoms with E-state index in [4.69, 9.17) is 16.7 Å². The first-order valence-corrected chi connectivity index (χ1v) is 6.37. The van der Waals surface area contributed by atoms with Crippen molar-refractivity contribution in [2.24, 2.45) is 0 Å². The van der Waals surface area contributed by atoms with E-state index in [1.807, 2.05) is 4.57 Å². The molecule has 2 aromatic heterocycles. The first-order valence-electron chi connectivity index (χ1n) is 5.99. The van der Waals surface area contributed by atoms with E-state index in [-0.39, 0.29) is 11.9 Å². The summed E-state index contributed by atoms with van der Waals surface area (Å²) in [4.78, 5) is 12.5. The third kappa shape index (κ3) is 2.70. The molecule has 2 N–H and O–H groups in total. The summed E-state index contributed by atoms with van der Waals surface area (Å²) in [7, 11) is 0. The molecule has 0 saturated heterocycles. The van der Waals surface area contributed by atoms with Crippen molar-refractivity contribution in [3.63, 3.8) is 0 Å². The summed E-state index contributed by atoms with van der Waals surface area (Å²) >= 11 is 5.86. The topological polar surface area (TPSA) is 75.9 Å². The van der Waals surface area contributed by atoms with Gasteiger partial charge in [-0.1, -0.05) is 6.92 Å². The van der Waals surface area contributed by atoms with Gasteiger partial charge in [0.1, 0.15) is 5.52 Å². The maximum Gasteiger partial charge on any atom is 0.226 e. The minimum atomic E-state index is 0.142. The van der Waals surface area contributed by atoms with Crippen LogP contribution in [0.1, 0.15) is 19.8 Å². The van der Waals surface area contributed by atoms with E-state index in [1.165, 1.54) is 0 Å². The number of halogens is 1. The van der Waals surface area contributed by atoms with Crippen LogP contribution >= 0.6 is 11.6 Å². The van der Waals surface area contributed by atoms with Gasteiger partial charge in [-0.3, -0.25) is 0 Å². The SMILES string of the molecule is CCCn1cnc2nc(Cl)nc(NCCCO)c21. The van der Waals surface area contributed by atoms with Gasteiger partial charge in [0, 0.05) is 19.7 Å². The van der Waals surface area contributed by atoms with E-state index in [0.29, 0.717) is 24.4 Å². The number of nitrogens with zero attached hydrogens (tertiary/aromatic N) is 4. The highest BCUT2D eigenvalue weighted by Crippen LogP contribution is 2.21. The zero-order valence-corrected chi connectivity index (χ0v) is 11.0. The summed E-state index contributed by atoms with van der Waals surface area (Å²) in [6, 6.07) is 0. The predicted octanol–water partition coefficient (Wildman–Crippen LogP) is 1.68. The van der Waals surface area contributed by atoms with Gasteiger partial charge in [-0.25, -0.2) is 4.98 Å². The molecule has 0 amide bonds. The molecule has 2 rings (SSSR count). The predicted molar refractivity (Wildman–Crippen MR) is 70.8 cm³/mol. The lowest BCUT2D eigenvalue weighted by molar-refractivity contribution is 0.292. The molecule has 0 atom stereocenters. The molecule has 0 spiro atoms. The lowest BCUT2D eigenvalue weighted by Crippen LogP contribution is -2.08. The van der Waals surface area contributed by atoms with Crippen molar-refractivity contribution in [1.29, 1.82) is 0 Å². The Morgan fingerprint density at radius 2 is 2.28 bits per heavy atom. The molecule has 2 heterocycles. The number of hydrogen-bond donors (Lipinski definition) is 2. The number of nitrogens with one attached hydrogen (secondary N) is 1. The van der Waals surface area contributed by atoms with Crippen molar-refractivity contribution in [3.05, 3.63) is 11.6 Å². The molecule has 0 aliphatic heterocycles. The summed E-state index contributed by atoms with van der Waals surface area (Å²) in [6.45, 7) is 3.73. The number of rotatable bonds is 6. The van der Waals surface area contributed by atoms with E-state index in [9.17, 15) is 0 Å². The van der Waals surface area contributed by atoms with Gasteiger partial charge in [0.2, 0.25) is 5.28 Å². The van der Waals surface area contributed by atoms with E-state index in [0.717, 1.165) is 18.5 Å². The average Bonchev–Trinajstić information content (AvgIpc) is 2.73. The fourth-order valence-corrected chi connectivity index (χ4v) is 1.94. The van der Waals surface area contributed by atoms with Crippen LogP contribution in [0.3, 0.4) is 0 Å². The van der Waals surface area contributed by atoms with Gasteiger partial charge in [0.15, 0.2) is 11.5 Å². The molecular weight excluding hydrogens is 254 g/mol. The maximum absolute atomic E-state index is 8.79. The molecule has 0 unspecified atom stereocenters. The fourth-order valence-electron chi connectivity index (χ4n) is 1.77. The second-order valence-corrected chi connectivity index (χ2v) is 4.29. The average molecular weight is 270 g/mol. The van der Waals surface area contributed by atoms with Crippen LogP contribution in [-0.4, -0.2) is 37.8 Å². The standard InChI is InChI=1S/C11H16ClN5O/c1-2-5-17-7-14-10-8(17)9(13-4-3-6-18)15-11(12)16-10/h7,18H,2-6H2,1H3,(H,13,15,16). The van der Waals surface area contributed by atoms with Crippen LogP contribution in [0.25, 0.3) is 11.2 Å². The van der Waals surface area contributed by atoms with Gasteiger partial charge >= 0.3 is 0 Å². The Morgan fingerprint density at radius 3 is 3.00 bits per heavy atom. The van der Waals surface area contributed by atoms with E-state index in [1.54, 1.807) is 6.33 Å². The lowest BCUT2D eigenvalue weighted by Gasteiger charge is -2.08. The zero-order chi connectivity index (χ0) is 13.0. The van der Waals surface area contributed by atoms with Crippen LogP contribution in [0, 0.1) is 0 Å². The maximum atomic E-state index is 8.79. The summed E-state index contributed by atoms with van der Waals surface area (Å²) in [5, 5.41) is 12.1. The highest BCUT2D eigenvalue weighted by Gasteiger charge is 2.12. The van der Waals surface area contributed by atoms with Crippen LogP contribution in [0.5, 0.6) is 0 Å². The van der Waals surface area contributed by atoms with E-state index < -0.39 is 0 Å². The molecule has 18 heavy (non-hydrogen) atoms. The Bertz CT molecular complexity index is 527. The molecule has 0 aliphatic rings. The smallest absolute Gasteiger partial charge is 0.226 e. The molecule has 0 radical (unpaired) electrons. The molecule has 7 heteroatoms. The molecule has 98 valence electrons. The molecule has 2 aromatic rings. The summed E-state index contributed by atoms with van der Waals surface area (Å²) < 4.78 is 2.01. The number of imidazole rings is 1. The molecule has 0 saturated carbocycles. The van der Waals surface area contributed by atoms with Gasteiger partial charge in [-0.2, -0.15) is 9.97 Å². The van der Waals surface area contributed by atoms with Gasteiger partial charge in [0.25, 0.3) is 0 Å². The van der Waals surface area contributed by atoms with Crippen LogP contribution in [-0.2, 0) is 6.54 Å². The highest BCUT2D eigenvalue weighted by molar-refractivity contribution is 6.28. The Kier molecular flexibility index (Phi) is 4.33. The molecule has 6 nitrogen and oxygen atoms in total. The second-order valence-electron chi connectivity index (χ2n) is 3.96. The minimum Gasteiger partial charge on any atom is -0.396 e. The number of anilines is 1. The molecule has 0 fully saturated rings. The van der Waals surface area contributed by atoms with Crippen LogP contribution < -0.4 is 5.32 Å². The lowest BCUT2D eigenvalue weighted by atomic mass is 10.4. The van der Waals surface area contributed by atoms with Crippen molar-refractivity contribution >= 4 is 28.6 Å². The highest BCUT2D eigenvalue weighted by atomic mass is 35.5. The zero-order valence-electron chi connectivity index (χ0n) is 10.2. The minimum absolute atomic E-state index is 0.142. The first-order chi connectivity index (χ1) is 8.76. The number of aliphatic hydroxyl groups excluding tert-OH is 1. The third-order valence-electron chi connectivity index (χ3n) is 2.54. The van der Waals surface area contributed by atoms with Crippen molar-refractivity contribution in [2.45, 2.75) is 26.3 Å². The van der Waals surface area contributed by atoms with Crippen LogP contribution in [0.2, 0.25) is 5.28 Å². The van der Waals surface area contributed by atoms with Crippen LogP contribution in [0.15, 0.2) is 6.33 Å². The molecule has 0 aromatic carbocycles. The van der Waals surface area contributed by atoms with Crippen molar-refractivity contribution in [1.82, 2.24) is 19.5 Å². The Hall–Kier alpha value is -1.40. The summed E-state index contributed by atoms with van der Waals surface area (Å²) in [6.07, 6.45) is 3.41. The van der Waals surface area contributed by atoms with E-state index >= 15 is 0 Å². The number of hydrogen-bond acceptors (Lipinski definition) is 5. The number of aliphatic hydroxyl groups is 1. The van der Waals surface area contributed by atoms with E-state index in [2.05, 4.69) is 27.2 Å². The monoisotopic (exact) mass is 269 g/mol.